The fraction of sp³-hybridized carbons (Fsp3) is 0.462. The van der Waals surface area contributed by atoms with Crippen LogP contribution in [0.1, 0.15) is 20.3 Å². The average molecular weight is 254 g/mol. The van der Waals surface area contributed by atoms with Gasteiger partial charge in [-0.1, -0.05) is 0 Å². The number of aryl methyl sites for hydroxylation is 1. The number of methoxy groups -OCH3 is 1. The molecular weight excluding hydrogens is 238 g/mol. The molecule has 0 unspecified atom stereocenters. The molecule has 0 atom stereocenters. The van der Waals surface area contributed by atoms with Crippen LogP contribution in [0.4, 0.5) is 8.78 Å². The second kappa shape index (κ2) is 4.65. The Morgan fingerprint density at radius 3 is 2.61 bits per heavy atom. The summed E-state index contributed by atoms with van der Waals surface area (Å²) >= 11 is 0. The van der Waals surface area contributed by atoms with Crippen molar-refractivity contribution in [2.75, 3.05) is 7.11 Å². The molecule has 0 saturated carbocycles. The minimum absolute atomic E-state index is 0.255. The Kier molecular flexibility index (Phi) is 3.34. The summed E-state index contributed by atoms with van der Waals surface area (Å²) in [5.41, 5.74) is 0.805. The predicted octanol–water partition coefficient (Wildman–Crippen LogP) is 3.13. The quantitative estimate of drug-likeness (QED) is 0.838. The highest BCUT2D eigenvalue weighted by atomic mass is 19.2. The van der Waals surface area contributed by atoms with Crippen LogP contribution in [0.2, 0.25) is 0 Å². The zero-order valence-corrected chi connectivity index (χ0v) is 10.7. The number of imidazole rings is 1. The van der Waals surface area contributed by atoms with E-state index in [-0.39, 0.29) is 5.60 Å². The highest BCUT2D eigenvalue weighted by Gasteiger charge is 2.17. The Hall–Kier alpha value is -1.49. The number of nitrogens with zero attached hydrogens (tertiary/aromatic N) is 2. The molecule has 18 heavy (non-hydrogen) atoms. The van der Waals surface area contributed by atoms with Crippen LogP contribution in [0.5, 0.6) is 0 Å². The summed E-state index contributed by atoms with van der Waals surface area (Å²) < 4.78 is 33.4. The van der Waals surface area contributed by atoms with Gasteiger partial charge in [-0.3, -0.25) is 0 Å². The highest BCUT2D eigenvalue weighted by Crippen LogP contribution is 2.20. The SMILES string of the molecule is COC(C)(C)CCn1cnc2cc(F)c(F)cc21. The molecule has 0 N–H and O–H groups in total. The van der Waals surface area contributed by atoms with Gasteiger partial charge >= 0.3 is 0 Å². The van der Waals surface area contributed by atoms with Gasteiger partial charge in [-0.15, -0.1) is 0 Å². The monoisotopic (exact) mass is 254 g/mol. The van der Waals surface area contributed by atoms with Gasteiger partial charge in [0.15, 0.2) is 11.6 Å². The largest absolute Gasteiger partial charge is 0.379 e. The number of halogens is 2. The van der Waals surface area contributed by atoms with Crippen molar-refractivity contribution in [2.24, 2.45) is 0 Å². The van der Waals surface area contributed by atoms with Crippen LogP contribution in [-0.4, -0.2) is 22.3 Å². The minimum Gasteiger partial charge on any atom is -0.379 e. The molecule has 1 aromatic carbocycles. The fourth-order valence-corrected chi connectivity index (χ4v) is 1.72. The Morgan fingerprint density at radius 2 is 1.94 bits per heavy atom. The molecular formula is C13H16F2N2O. The summed E-state index contributed by atoms with van der Waals surface area (Å²) in [6.07, 6.45) is 2.35. The molecule has 5 heteroatoms. The highest BCUT2D eigenvalue weighted by molar-refractivity contribution is 5.75. The Balaban J connectivity index is 2.27. The standard InChI is InChI=1S/C13H16F2N2O/c1-13(2,18-3)4-5-17-8-16-11-6-9(14)10(15)7-12(11)17/h6-8H,4-5H2,1-3H3. The Morgan fingerprint density at radius 1 is 1.28 bits per heavy atom. The maximum absolute atomic E-state index is 13.2. The normalized spacial score (nSPS) is 12.3. The van der Waals surface area contributed by atoms with Crippen LogP contribution in [-0.2, 0) is 11.3 Å². The van der Waals surface area contributed by atoms with Gasteiger partial charge in [0.25, 0.3) is 0 Å². The molecule has 2 rings (SSSR count). The first-order valence-corrected chi connectivity index (χ1v) is 5.78. The van der Waals surface area contributed by atoms with E-state index in [1.807, 2.05) is 13.8 Å². The first kappa shape index (κ1) is 13.0. The van der Waals surface area contributed by atoms with Gasteiger partial charge in [0.1, 0.15) is 0 Å². The Labute approximate surface area is 104 Å². The van der Waals surface area contributed by atoms with E-state index in [1.165, 1.54) is 6.07 Å². The van der Waals surface area contributed by atoms with Crippen LogP contribution in [0.3, 0.4) is 0 Å². The van der Waals surface area contributed by atoms with Crippen molar-refractivity contribution in [3.8, 4) is 0 Å². The van der Waals surface area contributed by atoms with Crippen LogP contribution in [0, 0.1) is 11.6 Å². The predicted molar refractivity (Wildman–Crippen MR) is 65.4 cm³/mol. The van der Waals surface area contributed by atoms with Crippen molar-refractivity contribution in [1.82, 2.24) is 9.55 Å². The number of rotatable bonds is 4. The molecule has 0 aliphatic heterocycles. The van der Waals surface area contributed by atoms with Gasteiger partial charge in [0.05, 0.1) is 23.0 Å². The molecule has 0 radical (unpaired) electrons. The molecule has 3 nitrogen and oxygen atoms in total. The maximum atomic E-state index is 13.2. The van der Waals surface area contributed by atoms with Gasteiger partial charge in [-0.25, -0.2) is 13.8 Å². The third-order valence-corrected chi connectivity index (χ3v) is 3.17. The number of hydrogen-bond acceptors (Lipinski definition) is 2. The van der Waals surface area contributed by atoms with Gasteiger partial charge in [0.2, 0.25) is 0 Å². The lowest BCUT2D eigenvalue weighted by Gasteiger charge is -2.22. The van der Waals surface area contributed by atoms with E-state index >= 15 is 0 Å². The summed E-state index contributed by atoms with van der Waals surface area (Å²) in [5, 5.41) is 0. The van der Waals surface area contributed by atoms with E-state index < -0.39 is 11.6 Å². The van der Waals surface area contributed by atoms with Crippen molar-refractivity contribution in [1.29, 1.82) is 0 Å². The Bertz CT molecular complexity index is 563. The third-order valence-electron chi connectivity index (χ3n) is 3.17. The minimum atomic E-state index is -0.870. The van der Waals surface area contributed by atoms with Gasteiger partial charge in [-0.2, -0.15) is 0 Å². The van der Waals surface area contributed by atoms with Crippen LogP contribution >= 0.6 is 0 Å². The first-order chi connectivity index (χ1) is 8.43. The number of ether oxygens (including phenoxy) is 1. The number of fused-ring (bicyclic) bond motifs is 1. The number of hydrogen-bond donors (Lipinski definition) is 0. The summed E-state index contributed by atoms with van der Waals surface area (Å²) in [5.74, 6) is -1.72. The molecule has 0 saturated heterocycles. The maximum Gasteiger partial charge on any atom is 0.161 e. The summed E-state index contributed by atoms with van der Waals surface area (Å²) in [4.78, 5) is 4.06. The van der Waals surface area contributed by atoms with E-state index in [0.29, 0.717) is 17.6 Å². The second-order valence-corrected chi connectivity index (χ2v) is 4.91. The smallest absolute Gasteiger partial charge is 0.161 e. The van der Waals surface area contributed by atoms with Gasteiger partial charge < -0.3 is 9.30 Å². The van der Waals surface area contributed by atoms with E-state index in [9.17, 15) is 8.78 Å². The van der Waals surface area contributed by atoms with E-state index in [2.05, 4.69) is 4.98 Å². The van der Waals surface area contributed by atoms with Crippen molar-refractivity contribution >= 4 is 11.0 Å². The van der Waals surface area contributed by atoms with E-state index in [0.717, 1.165) is 12.5 Å². The summed E-state index contributed by atoms with van der Waals surface area (Å²) in [6, 6.07) is 2.29. The van der Waals surface area contributed by atoms with Crippen molar-refractivity contribution < 1.29 is 13.5 Å². The molecule has 1 heterocycles. The molecule has 2 aromatic rings. The van der Waals surface area contributed by atoms with Crippen molar-refractivity contribution in [2.45, 2.75) is 32.4 Å². The van der Waals surface area contributed by atoms with Crippen molar-refractivity contribution in [3.05, 3.63) is 30.1 Å². The van der Waals surface area contributed by atoms with Crippen LogP contribution in [0.25, 0.3) is 11.0 Å². The second-order valence-electron chi connectivity index (χ2n) is 4.91. The molecule has 0 fully saturated rings. The molecule has 0 amide bonds. The summed E-state index contributed by atoms with van der Waals surface area (Å²) in [6.45, 7) is 4.60. The van der Waals surface area contributed by atoms with Crippen LogP contribution < -0.4 is 0 Å². The molecule has 0 aliphatic rings. The lowest BCUT2D eigenvalue weighted by atomic mass is 10.1. The van der Waals surface area contributed by atoms with Gasteiger partial charge in [0, 0.05) is 25.8 Å². The fourth-order valence-electron chi connectivity index (χ4n) is 1.72. The number of aromatic nitrogens is 2. The van der Waals surface area contributed by atoms with E-state index in [4.69, 9.17) is 4.74 Å². The number of benzene rings is 1. The average Bonchev–Trinajstić information content (AvgIpc) is 2.70. The third kappa shape index (κ3) is 2.51. The van der Waals surface area contributed by atoms with E-state index in [1.54, 1.807) is 18.0 Å². The van der Waals surface area contributed by atoms with Crippen molar-refractivity contribution in [3.63, 3.8) is 0 Å². The first-order valence-electron chi connectivity index (χ1n) is 5.78. The molecule has 1 aromatic heterocycles. The molecule has 0 bridgehead atoms. The molecule has 0 spiro atoms. The van der Waals surface area contributed by atoms with Crippen LogP contribution in [0.15, 0.2) is 18.5 Å². The zero-order chi connectivity index (χ0) is 13.3. The topological polar surface area (TPSA) is 27.1 Å². The lowest BCUT2D eigenvalue weighted by Crippen LogP contribution is -2.24. The zero-order valence-electron chi connectivity index (χ0n) is 10.7. The van der Waals surface area contributed by atoms with Gasteiger partial charge in [-0.05, 0) is 20.3 Å². The lowest BCUT2D eigenvalue weighted by molar-refractivity contribution is 0.0123. The molecule has 98 valence electrons. The summed E-state index contributed by atoms with van der Waals surface area (Å²) in [7, 11) is 1.65. The molecule has 0 aliphatic carbocycles.